The number of anilines is 1. The molecule has 0 aliphatic carbocycles. The fraction of sp³-hybridized carbons (Fsp3) is 0.250. The normalized spacial score (nSPS) is 12.9. The minimum absolute atomic E-state index is 0.0583. The Morgan fingerprint density at radius 3 is 2.70 bits per heavy atom. The van der Waals surface area contributed by atoms with Gasteiger partial charge in [0, 0.05) is 13.0 Å². The van der Waals surface area contributed by atoms with E-state index in [1.807, 2.05) is 12.1 Å². The van der Waals surface area contributed by atoms with Gasteiger partial charge in [-0.25, -0.2) is 8.78 Å². The maximum Gasteiger partial charge on any atom is 0.149 e. The number of ether oxygens (including phenoxy) is 1. The summed E-state index contributed by atoms with van der Waals surface area (Å²) in [5.41, 5.74) is 2.29. The highest BCUT2D eigenvalue weighted by Crippen LogP contribution is 2.26. The first-order valence-electron chi connectivity index (χ1n) is 6.66. The van der Waals surface area contributed by atoms with E-state index in [1.165, 1.54) is 23.8 Å². The summed E-state index contributed by atoms with van der Waals surface area (Å²) in [5, 5.41) is 2.82. The van der Waals surface area contributed by atoms with E-state index in [2.05, 4.69) is 11.4 Å². The first-order chi connectivity index (χ1) is 9.74. The van der Waals surface area contributed by atoms with Gasteiger partial charge < -0.3 is 10.1 Å². The molecule has 1 N–H and O–H groups in total. The summed E-state index contributed by atoms with van der Waals surface area (Å²) < 4.78 is 32.3. The molecule has 1 heterocycles. The summed E-state index contributed by atoms with van der Waals surface area (Å²) in [6.07, 6.45) is 1.64. The summed E-state index contributed by atoms with van der Waals surface area (Å²) in [5.74, 6) is -0.179. The third-order valence-electron chi connectivity index (χ3n) is 3.43. The van der Waals surface area contributed by atoms with Crippen LogP contribution in [-0.2, 0) is 12.8 Å². The molecule has 3 rings (SSSR count). The zero-order valence-electron chi connectivity index (χ0n) is 11.0. The van der Waals surface area contributed by atoms with Crippen molar-refractivity contribution in [3.8, 4) is 5.75 Å². The fourth-order valence-electron chi connectivity index (χ4n) is 2.39. The molecule has 0 aromatic heterocycles. The molecule has 2 aromatic rings. The van der Waals surface area contributed by atoms with Crippen LogP contribution in [0.1, 0.15) is 11.1 Å². The van der Waals surface area contributed by atoms with Crippen molar-refractivity contribution in [2.75, 3.05) is 18.5 Å². The van der Waals surface area contributed by atoms with Crippen LogP contribution in [0.15, 0.2) is 36.4 Å². The van der Waals surface area contributed by atoms with Crippen LogP contribution in [0.5, 0.6) is 5.75 Å². The molecule has 2 aromatic carbocycles. The van der Waals surface area contributed by atoms with E-state index in [9.17, 15) is 8.78 Å². The Hall–Kier alpha value is -2.10. The van der Waals surface area contributed by atoms with Crippen molar-refractivity contribution in [1.82, 2.24) is 0 Å². The van der Waals surface area contributed by atoms with Crippen LogP contribution >= 0.6 is 0 Å². The quantitative estimate of drug-likeness (QED) is 0.921. The highest BCUT2D eigenvalue weighted by molar-refractivity contribution is 5.46. The maximum atomic E-state index is 13.4. The Morgan fingerprint density at radius 2 is 1.90 bits per heavy atom. The van der Waals surface area contributed by atoms with E-state index in [0.29, 0.717) is 13.0 Å². The number of benzene rings is 2. The van der Waals surface area contributed by atoms with Crippen molar-refractivity contribution in [1.29, 1.82) is 0 Å². The van der Waals surface area contributed by atoms with E-state index in [0.717, 1.165) is 24.3 Å². The van der Waals surface area contributed by atoms with Gasteiger partial charge in [0.05, 0.1) is 6.61 Å². The summed E-state index contributed by atoms with van der Waals surface area (Å²) in [7, 11) is 0. The fourth-order valence-corrected chi connectivity index (χ4v) is 2.39. The van der Waals surface area contributed by atoms with Gasteiger partial charge in [0.2, 0.25) is 0 Å². The third kappa shape index (κ3) is 2.59. The van der Waals surface area contributed by atoms with E-state index >= 15 is 0 Å². The Labute approximate surface area is 116 Å². The Balaban J connectivity index is 1.63. The van der Waals surface area contributed by atoms with Crippen molar-refractivity contribution in [3.05, 3.63) is 59.2 Å². The lowest BCUT2D eigenvalue weighted by atomic mass is 10.1. The topological polar surface area (TPSA) is 21.3 Å². The molecule has 0 fully saturated rings. The Bertz CT molecular complexity index is 608. The lowest BCUT2D eigenvalue weighted by Crippen LogP contribution is -2.08. The molecule has 1 aliphatic rings. The molecular formula is C16H15F2NO. The standard InChI is InChI=1S/C16H15F2NO/c17-13-2-1-3-14(18)16(13)19-8-6-11-4-5-15-12(10-11)7-9-20-15/h1-5,10,19H,6-9H2. The second-order valence-corrected chi connectivity index (χ2v) is 4.81. The van der Waals surface area contributed by atoms with Crippen LogP contribution < -0.4 is 10.1 Å². The third-order valence-corrected chi connectivity index (χ3v) is 3.43. The zero-order valence-corrected chi connectivity index (χ0v) is 11.0. The number of hydrogen-bond donors (Lipinski definition) is 1. The SMILES string of the molecule is Fc1cccc(F)c1NCCc1ccc2c(c1)CCO2. The van der Waals surface area contributed by atoms with Crippen LogP contribution in [0.25, 0.3) is 0 Å². The van der Waals surface area contributed by atoms with Crippen LogP contribution in [0.3, 0.4) is 0 Å². The molecule has 104 valence electrons. The minimum atomic E-state index is -0.563. The van der Waals surface area contributed by atoms with E-state index < -0.39 is 11.6 Å². The smallest absolute Gasteiger partial charge is 0.149 e. The second-order valence-electron chi connectivity index (χ2n) is 4.81. The summed E-state index contributed by atoms with van der Waals surface area (Å²) in [4.78, 5) is 0. The average Bonchev–Trinajstić information content (AvgIpc) is 2.89. The van der Waals surface area contributed by atoms with Gasteiger partial charge in [0.1, 0.15) is 23.1 Å². The van der Waals surface area contributed by atoms with E-state index in [-0.39, 0.29) is 5.69 Å². The first kappa shape index (κ1) is 12.9. The minimum Gasteiger partial charge on any atom is -0.493 e. The lowest BCUT2D eigenvalue weighted by molar-refractivity contribution is 0.357. The molecule has 20 heavy (non-hydrogen) atoms. The first-order valence-corrected chi connectivity index (χ1v) is 6.66. The van der Waals surface area contributed by atoms with Crippen LogP contribution in [0.4, 0.5) is 14.5 Å². The van der Waals surface area contributed by atoms with Crippen molar-refractivity contribution in [2.24, 2.45) is 0 Å². The Kier molecular flexibility index (Phi) is 3.54. The van der Waals surface area contributed by atoms with E-state index in [1.54, 1.807) is 0 Å². The van der Waals surface area contributed by atoms with Crippen molar-refractivity contribution in [3.63, 3.8) is 0 Å². The molecule has 0 spiro atoms. The summed E-state index contributed by atoms with van der Waals surface area (Å²) in [6.45, 7) is 1.22. The lowest BCUT2D eigenvalue weighted by Gasteiger charge is -2.09. The van der Waals surface area contributed by atoms with Crippen molar-refractivity contribution in [2.45, 2.75) is 12.8 Å². The monoisotopic (exact) mass is 275 g/mol. The molecule has 2 nitrogen and oxygen atoms in total. The molecule has 4 heteroatoms. The van der Waals surface area contributed by atoms with Gasteiger partial charge in [-0.3, -0.25) is 0 Å². The average molecular weight is 275 g/mol. The highest BCUT2D eigenvalue weighted by Gasteiger charge is 2.12. The number of rotatable bonds is 4. The number of halogens is 2. The summed E-state index contributed by atoms with van der Waals surface area (Å²) >= 11 is 0. The van der Waals surface area contributed by atoms with Crippen LogP contribution in [0.2, 0.25) is 0 Å². The van der Waals surface area contributed by atoms with Crippen molar-refractivity contribution >= 4 is 5.69 Å². The van der Waals surface area contributed by atoms with Gasteiger partial charge in [-0.05, 0) is 35.7 Å². The number of para-hydroxylation sites is 1. The molecule has 0 unspecified atom stereocenters. The molecule has 0 amide bonds. The summed E-state index contributed by atoms with van der Waals surface area (Å²) in [6, 6.07) is 9.90. The van der Waals surface area contributed by atoms with Gasteiger partial charge in [0.15, 0.2) is 0 Å². The molecule has 1 aliphatic heterocycles. The van der Waals surface area contributed by atoms with Crippen LogP contribution in [0, 0.1) is 11.6 Å². The predicted molar refractivity (Wildman–Crippen MR) is 74.2 cm³/mol. The second kappa shape index (κ2) is 5.49. The maximum absolute atomic E-state index is 13.4. The number of hydrogen-bond acceptors (Lipinski definition) is 2. The van der Waals surface area contributed by atoms with Gasteiger partial charge in [-0.2, -0.15) is 0 Å². The van der Waals surface area contributed by atoms with Gasteiger partial charge in [0.25, 0.3) is 0 Å². The number of nitrogens with one attached hydrogen (secondary N) is 1. The molecule has 0 bridgehead atoms. The van der Waals surface area contributed by atoms with E-state index in [4.69, 9.17) is 4.74 Å². The molecule has 0 saturated heterocycles. The molecular weight excluding hydrogens is 260 g/mol. The zero-order chi connectivity index (χ0) is 13.9. The predicted octanol–water partition coefficient (Wildman–Crippen LogP) is 3.55. The molecule has 0 saturated carbocycles. The molecule has 0 radical (unpaired) electrons. The van der Waals surface area contributed by atoms with Crippen LogP contribution in [-0.4, -0.2) is 13.2 Å². The largest absolute Gasteiger partial charge is 0.493 e. The van der Waals surface area contributed by atoms with Gasteiger partial charge in [-0.1, -0.05) is 18.2 Å². The molecule has 0 atom stereocenters. The highest BCUT2D eigenvalue weighted by atomic mass is 19.1. The van der Waals surface area contributed by atoms with Crippen molar-refractivity contribution < 1.29 is 13.5 Å². The Morgan fingerprint density at radius 1 is 1.10 bits per heavy atom. The number of fused-ring (bicyclic) bond motifs is 1. The van der Waals surface area contributed by atoms with Gasteiger partial charge >= 0.3 is 0 Å². The van der Waals surface area contributed by atoms with Gasteiger partial charge in [-0.15, -0.1) is 0 Å².